The molecule has 0 heterocycles. The maximum atomic E-state index is 10.8. The summed E-state index contributed by atoms with van der Waals surface area (Å²) in [6.07, 6.45) is 0. The average molecular weight is 175 g/mol. The maximum Gasteiger partial charge on any atom is 0.244 e. The summed E-state index contributed by atoms with van der Waals surface area (Å²) < 4.78 is 0. The molecule has 0 saturated carbocycles. The number of rotatable bonds is 3. The largest absolute Gasteiger partial charge is 0.366 e. The normalized spacial score (nSPS) is 12.1. The first-order chi connectivity index (χ1) is 6.13. The lowest BCUT2D eigenvalue weighted by Gasteiger charge is -2.11. The van der Waals surface area contributed by atoms with Gasteiger partial charge in [0, 0.05) is 11.5 Å². The summed E-state index contributed by atoms with van der Waals surface area (Å²) in [5.74, 6) is -0.435. The van der Waals surface area contributed by atoms with Gasteiger partial charge in [-0.3, -0.25) is 4.79 Å². The van der Waals surface area contributed by atoms with Gasteiger partial charge in [-0.15, -0.1) is 0 Å². The van der Waals surface area contributed by atoms with Gasteiger partial charge in [0.15, 0.2) is 0 Å². The summed E-state index contributed by atoms with van der Waals surface area (Å²) >= 11 is 0. The van der Waals surface area contributed by atoms with E-state index in [2.05, 4.69) is 6.58 Å². The zero-order valence-electron chi connectivity index (χ0n) is 7.66. The number of benzene rings is 1. The first-order valence-electron chi connectivity index (χ1n) is 4.16. The molecule has 1 rings (SSSR count). The van der Waals surface area contributed by atoms with Crippen molar-refractivity contribution in [3.63, 3.8) is 0 Å². The first kappa shape index (κ1) is 9.52. The van der Waals surface area contributed by atoms with Crippen LogP contribution in [0.4, 0.5) is 0 Å². The predicted octanol–water partition coefficient (Wildman–Crippen LogP) is 1.83. The Balaban J connectivity index is 2.86. The average Bonchev–Trinajstić information content (AvgIpc) is 2.17. The fourth-order valence-electron chi connectivity index (χ4n) is 1.16. The van der Waals surface area contributed by atoms with Crippen molar-refractivity contribution in [2.75, 3.05) is 0 Å². The van der Waals surface area contributed by atoms with Gasteiger partial charge in [-0.25, -0.2) is 0 Å². The molecule has 13 heavy (non-hydrogen) atoms. The molecule has 1 aromatic rings. The van der Waals surface area contributed by atoms with Crippen LogP contribution in [0.1, 0.15) is 18.4 Å². The second kappa shape index (κ2) is 3.90. The molecular formula is C11H13NO. The Hall–Kier alpha value is -1.57. The molecular weight excluding hydrogens is 162 g/mol. The lowest BCUT2D eigenvalue weighted by atomic mass is 9.94. The summed E-state index contributed by atoms with van der Waals surface area (Å²) in [5.41, 5.74) is 6.65. The third-order valence-electron chi connectivity index (χ3n) is 2.14. The highest BCUT2D eigenvalue weighted by Gasteiger charge is 2.12. The van der Waals surface area contributed by atoms with Crippen molar-refractivity contribution in [1.82, 2.24) is 0 Å². The number of amides is 1. The van der Waals surface area contributed by atoms with Gasteiger partial charge >= 0.3 is 0 Å². The highest BCUT2D eigenvalue weighted by atomic mass is 16.1. The Bertz CT molecular complexity index is 316. The van der Waals surface area contributed by atoms with E-state index in [-0.39, 0.29) is 5.92 Å². The zero-order chi connectivity index (χ0) is 9.84. The van der Waals surface area contributed by atoms with Crippen molar-refractivity contribution in [3.05, 3.63) is 48.0 Å². The minimum absolute atomic E-state index is 0.00120. The van der Waals surface area contributed by atoms with Crippen LogP contribution in [0.3, 0.4) is 0 Å². The molecule has 0 radical (unpaired) electrons. The number of nitrogens with two attached hydrogens (primary N) is 1. The third-order valence-corrected chi connectivity index (χ3v) is 2.14. The van der Waals surface area contributed by atoms with Crippen molar-refractivity contribution in [2.24, 2.45) is 5.73 Å². The van der Waals surface area contributed by atoms with E-state index in [1.807, 2.05) is 37.3 Å². The summed E-state index contributed by atoms with van der Waals surface area (Å²) in [6.45, 7) is 5.58. The Labute approximate surface area is 78.1 Å². The summed E-state index contributed by atoms with van der Waals surface area (Å²) in [6, 6.07) is 9.71. The number of carbonyl (C=O) groups is 1. The van der Waals surface area contributed by atoms with Gasteiger partial charge in [-0.1, -0.05) is 43.8 Å². The van der Waals surface area contributed by atoms with Gasteiger partial charge < -0.3 is 5.73 Å². The third kappa shape index (κ3) is 2.18. The first-order valence-corrected chi connectivity index (χ1v) is 4.16. The molecule has 2 heteroatoms. The second-order valence-electron chi connectivity index (χ2n) is 3.02. The Kier molecular flexibility index (Phi) is 2.85. The fraction of sp³-hybridized carbons (Fsp3) is 0.182. The molecule has 0 bridgehead atoms. The lowest BCUT2D eigenvalue weighted by Crippen LogP contribution is -2.17. The molecule has 0 aromatic heterocycles. The van der Waals surface area contributed by atoms with Crippen LogP contribution in [0.5, 0.6) is 0 Å². The van der Waals surface area contributed by atoms with E-state index in [9.17, 15) is 4.79 Å². The van der Waals surface area contributed by atoms with E-state index in [0.29, 0.717) is 5.57 Å². The molecule has 0 aliphatic rings. The molecule has 2 nitrogen and oxygen atoms in total. The van der Waals surface area contributed by atoms with E-state index >= 15 is 0 Å². The van der Waals surface area contributed by atoms with Crippen molar-refractivity contribution in [2.45, 2.75) is 12.8 Å². The van der Waals surface area contributed by atoms with Gasteiger partial charge in [0.1, 0.15) is 0 Å². The summed E-state index contributed by atoms with van der Waals surface area (Å²) in [4.78, 5) is 10.8. The SMILES string of the molecule is C=C(C(N)=O)[C@H](C)c1ccccc1. The minimum Gasteiger partial charge on any atom is -0.366 e. The van der Waals surface area contributed by atoms with Gasteiger partial charge in [0.25, 0.3) is 0 Å². The van der Waals surface area contributed by atoms with E-state index in [4.69, 9.17) is 5.73 Å². The monoisotopic (exact) mass is 175 g/mol. The van der Waals surface area contributed by atoms with Crippen molar-refractivity contribution >= 4 is 5.91 Å². The van der Waals surface area contributed by atoms with Crippen LogP contribution >= 0.6 is 0 Å². The van der Waals surface area contributed by atoms with Crippen LogP contribution in [-0.4, -0.2) is 5.91 Å². The minimum atomic E-state index is -0.434. The highest BCUT2D eigenvalue weighted by molar-refractivity contribution is 5.92. The van der Waals surface area contributed by atoms with Crippen molar-refractivity contribution in [1.29, 1.82) is 0 Å². The molecule has 0 aliphatic heterocycles. The molecule has 68 valence electrons. The van der Waals surface area contributed by atoms with Gasteiger partial charge in [-0.2, -0.15) is 0 Å². The zero-order valence-corrected chi connectivity index (χ0v) is 7.66. The maximum absolute atomic E-state index is 10.8. The number of carbonyl (C=O) groups excluding carboxylic acids is 1. The van der Waals surface area contributed by atoms with Crippen molar-refractivity contribution in [3.8, 4) is 0 Å². The quantitative estimate of drug-likeness (QED) is 0.700. The molecule has 0 fully saturated rings. The van der Waals surface area contributed by atoms with Crippen LogP contribution in [-0.2, 0) is 4.79 Å². The molecule has 2 N–H and O–H groups in total. The van der Waals surface area contributed by atoms with Crippen LogP contribution in [0.25, 0.3) is 0 Å². The molecule has 0 saturated heterocycles. The molecule has 0 unspecified atom stereocenters. The van der Waals surface area contributed by atoms with Crippen LogP contribution in [0.15, 0.2) is 42.5 Å². The smallest absolute Gasteiger partial charge is 0.244 e. The molecule has 0 aliphatic carbocycles. The highest BCUT2D eigenvalue weighted by Crippen LogP contribution is 2.21. The summed E-state index contributed by atoms with van der Waals surface area (Å²) in [5, 5.41) is 0. The molecule has 1 aromatic carbocycles. The fourth-order valence-corrected chi connectivity index (χ4v) is 1.16. The standard InChI is InChI=1S/C11H13NO/c1-8(9(2)11(12)13)10-6-4-3-5-7-10/h3-8H,2H2,1H3,(H2,12,13)/t8-/m0/s1. The van der Waals surface area contributed by atoms with Crippen LogP contribution in [0.2, 0.25) is 0 Å². The second-order valence-corrected chi connectivity index (χ2v) is 3.02. The van der Waals surface area contributed by atoms with Gasteiger partial charge in [0.05, 0.1) is 0 Å². The lowest BCUT2D eigenvalue weighted by molar-refractivity contribution is -0.114. The summed E-state index contributed by atoms with van der Waals surface area (Å²) in [7, 11) is 0. The van der Waals surface area contributed by atoms with E-state index in [1.54, 1.807) is 0 Å². The number of primary amides is 1. The molecule has 1 amide bonds. The van der Waals surface area contributed by atoms with Crippen LogP contribution < -0.4 is 5.73 Å². The van der Waals surface area contributed by atoms with E-state index < -0.39 is 5.91 Å². The van der Waals surface area contributed by atoms with Gasteiger partial charge in [0.2, 0.25) is 5.91 Å². The molecule has 1 atom stereocenters. The van der Waals surface area contributed by atoms with Crippen LogP contribution in [0, 0.1) is 0 Å². The van der Waals surface area contributed by atoms with E-state index in [0.717, 1.165) is 5.56 Å². The topological polar surface area (TPSA) is 43.1 Å². The van der Waals surface area contributed by atoms with Crippen molar-refractivity contribution < 1.29 is 4.79 Å². The number of hydrogen-bond donors (Lipinski definition) is 1. The molecule has 0 spiro atoms. The Morgan fingerprint density at radius 2 is 1.92 bits per heavy atom. The van der Waals surface area contributed by atoms with Gasteiger partial charge in [-0.05, 0) is 5.56 Å². The number of hydrogen-bond acceptors (Lipinski definition) is 1. The Morgan fingerprint density at radius 3 is 2.38 bits per heavy atom. The Morgan fingerprint density at radius 1 is 1.38 bits per heavy atom. The van der Waals surface area contributed by atoms with E-state index in [1.165, 1.54) is 0 Å². The predicted molar refractivity (Wildman–Crippen MR) is 53.2 cm³/mol.